The number of benzene rings is 2. The standard InChI is InChI=1S/C20H18F3NO6S/c21-20(22,23)11-4-1-5-12(10-11)31(27,28)24-18(19(25)26)30-16-9-3-7-14-13-6-2-8-15(13)29-17(14)16/h1,3-5,7,9-10,13,15,18,24H,2,6,8H2,(H,25,26). The zero-order valence-corrected chi connectivity index (χ0v) is 16.7. The van der Waals surface area contributed by atoms with E-state index in [-0.39, 0.29) is 17.8 Å². The molecule has 2 aromatic carbocycles. The lowest BCUT2D eigenvalue weighted by Gasteiger charge is -2.19. The Morgan fingerprint density at radius 3 is 2.65 bits per heavy atom. The topological polar surface area (TPSA) is 102 Å². The zero-order chi connectivity index (χ0) is 22.4. The Morgan fingerprint density at radius 2 is 1.94 bits per heavy atom. The van der Waals surface area contributed by atoms with Crippen LogP contribution in [0.25, 0.3) is 0 Å². The maximum Gasteiger partial charge on any atom is 0.416 e. The molecule has 0 amide bonds. The number of carboxylic acid groups (broad SMARTS) is 1. The molecule has 3 unspecified atom stereocenters. The van der Waals surface area contributed by atoms with Gasteiger partial charge < -0.3 is 14.6 Å². The van der Waals surface area contributed by atoms with Crippen LogP contribution in [0.4, 0.5) is 13.2 Å². The molecule has 4 rings (SSSR count). The first kappa shape index (κ1) is 21.4. The summed E-state index contributed by atoms with van der Waals surface area (Å²) in [7, 11) is -4.63. The number of hydrogen-bond donors (Lipinski definition) is 2. The van der Waals surface area contributed by atoms with Crippen LogP contribution in [0.5, 0.6) is 11.5 Å². The van der Waals surface area contributed by atoms with E-state index < -0.39 is 38.9 Å². The van der Waals surface area contributed by atoms with Gasteiger partial charge in [-0.25, -0.2) is 13.2 Å². The minimum absolute atomic E-state index is 0.0372. The molecule has 1 aliphatic heterocycles. The number of hydrogen-bond acceptors (Lipinski definition) is 5. The van der Waals surface area contributed by atoms with E-state index in [9.17, 15) is 31.5 Å². The van der Waals surface area contributed by atoms with Crippen LogP contribution in [-0.2, 0) is 21.0 Å². The fourth-order valence-corrected chi connectivity index (χ4v) is 5.03. The molecule has 1 saturated carbocycles. The van der Waals surface area contributed by atoms with Crippen LogP contribution in [0.2, 0.25) is 0 Å². The Labute approximate surface area is 175 Å². The minimum atomic E-state index is -4.76. The molecule has 2 N–H and O–H groups in total. The fourth-order valence-electron chi connectivity index (χ4n) is 3.92. The van der Waals surface area contributed by atoms with Crippen molar-refractivity contribution in [2.75, 3.05) is 0 Å². The van der Waals surface area contributed by atoms with Crippen molar-refractivity contribution in [2.24, 2.45) is 0 Å². The molecule has 0 aromatic heterocycles. The van der Waals surface area contributed by atoms with Gasteiger partial charge in [-0.3, -0.25) is 0 Å². The molecule has 1 fully saturated rings. The smallest absolute Gasteiger partial charge is 0.416 e. The Morgan fingerprint density at radius 1 is 1.19 bits per heavy atom. The van der Waals surface area contributed by atoms with E-state index in [0.29, 0.717) is 17.9 Å². The van der Waals surface area contributed by atoms with Crippen LogP contribution in [-0.4, -0.2) is 31.8 Å². The first-order valence-electron chi connectivity index (χ1n) is 9.45. The van der Waals surface area contributed by atoms with Crippen LogP contribution < -0.4 is 14.2 Å². The van der Waals surface area contributed by atoms with E-state index in [1.165, 1.54) is 6.07 Å². The molecule has 0 saturated heterocycles. The van der Waals surface area contributed by atoms with E-state index in [0.717, 1.165) is 37.0 Å². The lowest BCUT2D eigenvalue weighted by atomic mass is 9.97. The average molecular weight is 457 g/mol. The third kappa shape index (κ3) is 4.19. The Balaban J connectivity index is 1.59. The van der Waals surface area contributed by atoms with Crippen molar-refractivity contribution in [1.82, 2.24) is 4.72 Å². The second-order valence-corrected chi connectivity index (χ2v) is 9.07. The molecule has 1 aliphatic carbocycles. The van der Waals surface area contributed by atoms with Crippen molar-refractivity contribution in [3.05, 3.63) is 53.6 Å². The Hall–Kier alpha value is -2.79. The molecule has 0 bridgehead atoms. The third-order valence-corrected chi connectivity index (χ3v) is 6.73. The Bertz CT molecular complexity index is 1120. The molecule has 2 aromatic rings. The second-order valence-electron chi connectivity index (χ2n) is 7.35. The zero-order valence-electron chi connectivity index (χ0n) is 15.9. The normalized spacial score (nSPS) is 21.1. The van der Waals surface area contributed by atoms with E-state index in [1.54, 1.807) is 10.8 Å². The fraction of sp³-hybridized carbons (Fsp3) is 0.350. The van der Waals surface area contributed by atoms with Gasteiger partial charge in [-0.2, -0.15) is 17.9 Å². The van der Waals surface area contributed by atoms with E-state index >= 15 is 0 Å². The van der Waals surface area contributed by atoms with Crippen molar-refractivity contribution in [3.63, 3.8) is 0 Å². The average Bonchev–Trinajstić information content (AvgIpc) is 3.29. The molecular weight excluding hydrogens is 439 g/mol. The summed E-state index contributed by atoms with van der Waals surface area (Å²) in [5, 5.41) is 9.47. The molecular formula is C20H18F3NO6S. The number of rotatable bonds is 6. The van der Waals surface area contributed by atoms with E-state index in [2.05, 4.69) is 0 Å². The summed E-state index contributed by atoms with van der Waals surface area (Å²) in [4.78, 5) is 10.9. The monoisotopic (exact) mass is 457 g/mol. The number of para-hydroxylation sites is 1. The summed E-state index contributed by atoms with van der Waals surface area (Å²) in [6.45, 7) is 0. The Kier molecular flexibility index (Phi) is 5.34. The SMILES string of the molecule is O=C(O)C(NS(=O)(=O)c1cccc(C(F)(F)F)c1)Oc1cccc2c1OC1CCCC21. The number of ether oxygens (including phenoxy) is 2. The largest absolute Gasteiger partial charge is 0.486 e. The molecule has 166 valence electrons. The van der Waals surface area contributed by atoms with Gasteiger partial charge in [-0.05, 0) is 43.5 Å². The highest BCUT2D eigenvalue weighted by Gasteiger charge is 2.40. The quantitative estimate of drug-likeness (QED) is 0.644. The molecule has 1 heterocycles. The van der Waals surface area contributed by atoms with Crippen LogP contribution in [0, 0.1) is 0 Å². The van der Waals surface area contributed by atoms with Crippen LogP contribution in [0.1, 0.15) is 36.3 Å². The van der Waals surface area contributed by atoms with Crippen molar-refractivity contribution in [2.45, 2.75) is 48.6 Å². The molecule has 0 spiro atoms. The second kappa shape index (κ2) is 7.72. The van der Waals surface area contributed by atoms with Crippen LogP contribution in [0.3, 0.4) is 0 Å². The highest BCUT2D eigenvalue weighted by atomic mass is 32.2. The first-order chi connectivity index (χ1) is 14.6. The van der Waals surface area contributed by atoms with Crippen molar-refractivity contribution in [3.8, 4) is 11.5 Å². The highest BCUT2D eigenvalue weighted by Crippen LogP contribution is 2.50. The third-order valence-electron chi connectivity index (χ3n) is 5.33. The van der Waals surface area contributed by atoms with Gasteiger partial charge in [0.1, 0.15) is 6.10 Å². The van der Waals surface area contributed by atoms with E-state index in [4.69, 9.17) is 9.47 Å². The van der Waals surface area contributed by atoms with Gasteiger partial charge in [0.2, 0.25) is 10.0 Å². The highest BCUT2D eigenvalue weighted by molar-refractivity contribution is 7.89. The molecule has 2 aliphatic rings. The van der Waals surface area contributed by atoms with Gasteiger partial charge in [0, 0.05) is 11.5 Å². The number of carbonyl (C=O) groups is 1. The number of halogens is 3. The summed E-state index contributed by atoms with van der Waals surface area (Å²) < 4.78 is 76.9. The van der Waals surface area contributed by atoms with Crippen molar-refractivity contribution < 1.29 is 41.0 Å². The van der Waals surface area contributed by atoms with Gasteiger partial charge in [-0.15, -0.1) is 0 Å². The summed E-state index contributed by atoms with van der Waals surface area (Å²) in [6, 6.07) is 7.94. The lowest BCUT2D eigenvalue weighted by molar-refractivity contribution is -0.145. The van der Waals surface area contributed by atoms with Crippen molar-refractivity contribution in [1.29, 1.82) is 0 Å². The number of alkyl halides is 3. The number of fused-ring (bicyclic) bond motifs is 3. The van der Waals surface area contributed by atoms with Gasteiger partial charge in [0.15, 0.2) is 11.5 Å². The van der Waals surface area contributed by atoms with Gasteiger partial charge in [0.25, 0.3) is 6.23 Å². The van der Waals surface area contributed by atoms with Gasteiger partial charge in [0.05, 0.1) is 10.5 Å². The summed E-state index contributed by atoms with van der Waals surface area (Å²) in [5.74, 6) is -1.08. The predicted molar refractivity (Wildman–Crippen MR) is 101 cm³/mol. The summed E-state index contributed by atoms with van der Waals surface area (Å²) in [6.07, 6.45) is -4.09. The lowest BCUT2D eigenvalue weighted by Crippen LogP contribution is -2.44. The minimum Gasteiger partial charge on any atom is -0.486 e. The summed E-state index contributed by atoms with van der Waals surface area (Å²) >= 11 is 0. The number of nitrogens with one attached hydrogen (secondary N) is 1. The van der Waals surface area contributed by atoms with Crippen LogP contribution in [0.15, 0.2) is 47.4 Å². The molecule has 3 atom stereocenters. The molecule has 7 nitrogen and oxygen atoms in total. The van der Waals surface area contributed by atoms with Gasteiger partial charge >= 0.3 is 12.1 Å². The number of aliphatic carboxylic acids is 1. The number of sulfonamides is 1. The summed E-state index contributed by atoms with van der Waals surface area (Å²) in [5.41, 5.74) is -0.311. The van der Waals surface area contributed by atoms with Crippen molar-refractivity contribution >= 4 is 16.0 Å². The molecule has 11 heteroatoms. The molecule has 0 radical (unpaired) electrons. The molecule has 31 heavy (non-hydrogen) atoms. The van der Waals surface area contributed by atoms with E-state index in [1.807, 2.05) is 6.07 Å². The predicted octanol–water partition coefficient (Wildman–Crippen LogP) is 3.50. The van der Waals surface area contributed by atoms with Crippen LogP contribution >= 0.6 is 0 Å². The maximum atomic E-state index is 12.9. The number of carboxylic acids is 1. The maximum absolute atomic E-state index is 12.9. The van der Waals surface area contributed by atoms with Gasteiger partial charge in [-0.1, -0.05) is 18.2 Å². The first-order valence-corrected chi connectivity index (χ1v) is 10.9.